The lowest BCUT2D eigenvalue weighted by molar-refractivity contribution is 0.112. The molecule has 4 heteroatoms. The smallest absolute Gasteiger partial charge is 0.150 e. The Labute approximate surface area is 133 Å². The van der Waals surface area contributed by atoms with Crippen molar-refractivity contribution >= 4 is 17.3 Å². The Balaban J connectivity index is 1.92. The van der Waals surface area contributed by atoms with Crippen molar-refractivity contribution in [3.63, 3.8) is 0 Å². The highest BCUT2D eigenvalue weighted by Gasteiger charge is 2.11. The molecule has 0 bridgehead atoms. The van der Waals surface area contributed by atoms with Gasteiger partial charge in [-0.05, 0) is 30.7 Å². The molecule has 4 nitrogen and oxygen atoms in total. The number of unbranched alkanes of at least 4 members (excludes halogenated alkanes) is 1. The first-order valence-corrected chi connectivity index (χ1v) is 7.40. The number of nitriles is 1. The Morgan fingerprint density at radius 2 is 2.04 bits per heavy atom. The van der Waals surface area contributed by atoms with Crippen molar-refractivity contribution in [2.45, 2.75) is 12.8 Å². The van der Waals surface area contributed by atoms with Crippen LogP contribution >= 0.6 is 0 Å². The van der Waals surface area contributed by atoms with Crippen LogP contribution in [0.25, 0.3) is 22.3 Å². The van der Waals surface area contributed by atoms with Gasteiger partial charge in [0.25, 0.3) is 0 Å². The number of carbonyl (C=O) groups is 1. The van der Waals surface area contributed by atoms with E-state index in [4.69, 9.17) is 14.4 Å². The lowest BCUT2D eigenvalue weighted by Crippen LogP contribution is -1.97. The molecule has 0 aliphatic carbocycles. The van der Waals surface area contributed by atoms with Crippen molar-refractivity contribution < 1.29 is 13.9 Å². The molecule has 114 valence electrons. The highest BCUT2D eigenvalue weighted by atomic mass is 16.5. The van der Waals surface area contributed by atoms with E-state index < -0.39 is 0 Å². The molecule has 0 saturated heterocycles. The van der Waals surface area contributed by atoms with E-state index in [2.05, 4.69) is 6.07 Å². The molecule has 0 amide bonds. The fourth-order valence-electron chi connectivity index (χ4n) is 2.38. The number of fused-ring (bicyclic) bond motifs is 1. The molecular formula is C19H15NO3. The minimum Gasteiger partial charge on any atom is -0.493 e. The number of nitrogens with zero attached hydrogens (tertiary/aromatic N) is 1. The van der Waals surface area contributed by atoms with E-state index >= 15 is 0 Å². The molecule has 0 saturated carbocycles. The van der Waals surface area contributed by atoms with Crippen LogP contribution in [0.4, 0.5) is 0 Å². The van der Waals surface area contributed by atoms with Gasteiger partial charge in [-0.1, -0.05) is 24.3 Å². The molecule has 0 spiro atoms. The lowest BCUT2D eigenvalue weighted by Gasteiger charge is -2.08. The van der Waals surface area contributed by atoms with Gasteiger partial charge in [0, 0.05) is 17.4 Å². The third-order valence-electron chi connectivity index (χ3n) is 3.52. The number of para-hydroxylation sites is 1. The van der Waals surface area contributed by atoms with E-state index in [1.165, 1.54) is 0 Å². The lowest BCUT2D eigenvalue weighted by atomic mass is 10.1. The first kappa shape index (κ1) is 14.9. The Kier molecular flexibility index (Phi) is 4.39. The van der Waals surface area contributed by atoms with Gasteiger partial charge in [0.05, 0.1) is 18.2 Å². The summed E-state index contributed by atoms with van der Waals surface area (Å²) >= 11 is 0. The number of hydrogen-bond acceptors (Lipinski definition) is 4. The van der Waals surface area contributed by atoms with Gasteiger partial charge in [-0.25, -0.2) is 0 Å². The molecule has 0 unspecified atom stereocenters. The Morgan fingerprint density at radius 1 is 1.17 bits per heavy atom. The number of ether oxygens (including phenoxy) is 1. The SMILES string of the molecule is N#CCCCOc1ccccc1-c1cc2ccc(C=O)cc2o1. The average molecular weight is 305 g/mol. The molecule has 1 heterocycles. The van der Waals surface area contributed by atoms with Crippen molar-refractivity contribution in [2.24, 2.45) is 0 Å². The zero-order chi connectivity index (χ0) is 16.1. The summed E-state index contributed by atoms with van der Waals surface area (Å²) in [5.41, 5.74) is 2.11. The summed E-state index contributed by atoms with van der Waals surface area (Å²) in [6.45, 7) is 0.486. The van der Waals surface area contributed by atoms with Crippen molar-refractivity contribution in [1.82, 2.24) is 0 Å². The molecule has 2 aromatic carbocycles. The summed E-state index contributed by atoms with van der Waals surface area (Å²) in [6.07, 6.45) is 1.96. The van der Waals surface area contributed by atoms with Crippen molar-refractivity contribution in [1.29, 1.82) is 5.26 Å². The van der Waals surface area contributed by atoms with Gasteiger partial charge in [-0.3, -0.25) is 4.79 Å². The highest BCUT2D eigenvalue weighted by Crippen LogP contribution is 2.34. The van der Waals surface area contributed by atoms with E-state index in [0.29, 0.717) is 36.4 Å². The summed E-state index contributed by atoms with van der Waals surface area (Å²) < 4.78 is 11.6. The summed E-state index contributed by atoms with van der Waals surface area (Å²) in [5, 5.41) is 9.51. The summed E-state index contributed by atoms with van der Waals surface area (Å²) in [7, 11) is 0. The third kappa shape index (κ3) is 3.24. The van der Waals surface area contributed by atoms with Crippen molar-refractivity contribution in [3.8, 4) is 23.1 Å². The largest absolute Gasteiger partial charge is 0.493 e. The van der Waals surface area contributed by atoms with Gasteiger partial charge in [0.2, 0.25) is 0 Å². The van der Waals surface area contributed by atoms with Crippen LogP contribution in [0.5, 0.6) is 5.75 Å². The van der Waals surface area contributed by atoms with Crippen LogP contribution in [0.1, 0.15) is 23.2 Å². The monoisotopic (exact) mass is 305 g/mol. The molecule has 0 fully saturated rings. The number of aldehydes is 1. The molecule has 0 aliphatic heterocycles. The maximum Gasteiger partial charge on any atom is 0.150 e. The molecule has 0 radical (unpaired) electrons. The summed E-state index contributed by atoms with van der Waals surface area (Å²) in [4.78, 5) is 10.9. The highest BCUT2D eigenvalue weighted by molar-refractivity contribution is 5.88. The van der Waals surface area contributed by atoms with Gasteiger partial charge in [-0.2, -0.15) is 5.26 Å². The normalized spacial score (nSPS) is 10.4. The molecule has 23 heavy (non-hydrogen) atoms. The predicted octanol–water partition coefficient (Wildman–Crippen LogP) is 4.59. The molecule has 3 aromatic rings. The van der Waals surface area contributed by atoms with Crippen LogP contribution in [-0.2, 0) is 0 Å². The summed E-state index contributed by atoms with van der Waals surface area (Å²) in [6, 6.07) is 17.0. The van der Waals surface area contributed by atoms with Crippen LogP contribution in [0.3, 0.4) is 0 Å². The van der Waals surface area contributed by atoms with E-state index in [1.54, 1.807) is 12.1 Å². The first-order chi connectivity index (χ1) is 11.3. The van der Waals surface area contributed by atoms with Crippen LogP contribution in [0, 0.1) is 11.3 Å². The fourth-order valence-corrected chi connectivity index (χ4v) is 2.38. The van der Waals surface area contributed by atoms with Crippen LogP contribution < -0.4 is 4.74 Å². The van der Waals surface area contributed by atoms with Crippen molar-refractivity contribution in [2.75, 3.05) is 6.61 Å². The number of carbonyl (C=O) groups excluding carboxylic acids is 1. The zero-order valence-electron chi connectivity index (χ0n) is 12.5. The number of furan rings is 1. The molecule has 1 aromatic heterocycles. The van der Waals surface area contributed by atoms with Crippen molar-refractivity contribution in [3.05, 3.63) is 54.1 Å². The molecule has 3 rings (SSSR count). The van der Waals surface area contributed by atoms with Gasteiger partial charge in [-0.15, -0.1) is 0 Å². The van der Waals surface area contributed by atoms with Gasteiger partial charge in [0.1, 0.15) is 23.4 Å². The maximum absolute atomic E-state index is 10.9. The quantitative estimate of drug-likeness (QED) is 0.493. The predicted molar refractivity (Wildman–Crippen MR) is 87.4 cm³/mol. The second-order valence-electron chi connectivity index (χ2n) is 5.13. The van der Waals surface area contributed by atoms with Crippen LogP contribution in [0.15, 0.2) is 52.9 Å². The zero-order valence-corrected chi connectivity index (χ0v) is 12.5. The second-order valence-corrected chi connectivity index (χ2v) is 5.13. The second kappa shape index (κ2) is 6.80. The molecule has 0 aliphatic rings. The minimum absolute atomic E-state index is 0.473. The standard InChI is InChI=1S/C19H15NO3/c20-9-3-4-10-22-17-6-2-1-5-16(17)19-12-15-8-7-14(13-21)11-18(15)23-19/h1-2,5-8,11-13H,3-4,10H2. The van der Waals surface area contributed by atoms with E-state index in [1.807, 2.05) is 36.4 Å². The molecular weight excluding hydrogens is 290 g/mol. The molecule has 0 N–H and O–H groups in total. The fraction of sp³-hybridized carbons (Fsp3) is 0.158. The third-order valence-corrected chi connectivity index (χ3v) is 3.52. The van der Waals surface area contributed by atoms with Gasteiger partial charge in [0.15, 0.2) is 0 Å². The molecule has 0 atom stereocenters. The Hall–Kier alpha value is -3.06. The first-order valence-electron chi connectivity index (χ1n) is 7.40. The Bertz CT molecular complexity index is 874. The maximum atomic E-state index is 10.9. The van der Waals surface area contributed by atoms with Crippen LogP contribution in [0.2, 0.25) is 0 Å². The minimum atomic E-state index is 0.473. The van der Waals surface area contributed by atoms with E-state index in [9.17, 15) is 4.79 Å². The van der Waals surface area contributed by atoms with E-state index in [-0.39, 0.29) is 0 Å². The summed E-state index contributed by atoms with van der Waals surface area (Å²) in [5.74, 6) is 1.42. The average Bonchev–Trinajstić information content (AvgIpc) is 3.02. The van der Waals surface area contributed by atoms with Gasteiger partial charge >= 0.3 is 0 Å². The van der Waals surface area contributed by atoms with Crippen LogP contribution in [-0.4, -0.2) is 12.9 Å². The Morgan fingerprint density at radius 3 is 2.87 bits per heavy atom. The number of benzene rings is 2. The number of hydrogen-bond donors (Lipinski definition) is 0. The topological polar surface area (TPSA) is 63.2 Å². The van der Waals surface area contributed by atoms with E-state index in [0.717, 1.165) is 23.0 Å². The van der Waals surface area contributed by atoms with Gasteiger partial charge < -0.3 is 9.15 Å². The number of rotatable bonds is 6.